The number of carbonyl (C=O) groups excluding carboxylic acids is 1. The molecule has 0 spiro atoms. The quantitative estimate of drug-likeness (QED) is 0.836. The molecule has 1 aromatic carbocycles. The third-order valence-electron chi connectivity index (χ3n) is 2.47. The van der Waals surface area contributed by atoms with Gasteiger partial charge in [0.1, 0.15) is 5.75 Å². The lowest BCUT2D eigenvalue weighted by atomic mass is 10.2. The van der Waals surface area contributed by atoms with E-state index in [0.29, 0.717) is 5.75 Å². The summed E-state index contributed by atoms with van der Waals surface area (Å²) in [7, 11) is 0. The summed E-state index contributed by atoms with van der Waals surface area (Å²) in [5, 5.41) is 11.2. The molecule has 19 heavy (non-hydrogen) atoms. The van der Waals surface area contributed by atoms with Crippen LogP contribution in [0.25, 0.3) is 0 Å². The van der Waals surface area contributed by atoms with E-state index in [1.165, 1.54) is 6.92 Å². The lowest BCUT2D eigenvalue weighted by Crippen LogP contribution is -2.34. The Bertz CT molecular complexity index is 476. The van der Waals surface area contributed by atoms with Crippen LogP contribution in [0.4, 0.5) is 0 Å². The highest BCUT2D eigenvalue weighted by molar-refractivity contribution is 9.10. The minimum absolute atomic E-state index is 0.0899. The average molecular weight is 330 g/mol. The van der Waals surface area contributed by atoms with Gasteiger partial charge in [-0.05, 0) is 40.5 Å². The zero-order valence-electron chi connectivity index (χ0n) is 10.8. The molecule has 0 aliphatic rings. The molecule has 0 fully saturated rings. The van der Waals surface area contributed by atoms with Crippen LogP contribution in [-0.2, 0) is 9.59 Å². The first kappa shape index (κ1) is 15.5. The first-order valence-electron chi connectivity index (χ1n) is 5.78. The highest BCUT2D eigenvalue weighted by atomic mass is 79.9. The number of amides is 1. The molecule has 0 aromatic heterocycles. The predicted molar refractivity (Wildman–Crippen MR) is 74.2 cm³/mol. The Morgan fingerprint density at radius 3 is 2.74 bits per heavy atom. The van der Waals surface area contributed by atoms with Crippen molar-refractivity contribution in [3.8, 4) is 5.75 Å². The molecule has 104 valence electrons. The summed E-state index contributed by atoms with van der Waals surface area (Å²) < 4.78 is 6.12. The van der Waals surface area contributed by atoms with Crippen molar-refractivity contribution >= 4 is 27.8 Å². The van der Waals surface area contributed by atoms with E-state index in [1.807, 2.05) is 19.1 Å². The van der Waals surface area contributed by atoms with Gasteiger partial charge in [-0.15, -0.1) is 0 Å². The molecule has 1 atom stereocenters. The highest BCUT2D eigenvalue weighted by Crippen LogP contribution is 2.25. The van der Waals surface area contributed by atoms with Crippen molar-refractivity contribution in [3.63, 3.8) is 0 Å². The topological polar surface area (TPSA) is 75.6 Å². The fourth-order valence-electron chi connectivity index (χ4n) is 1.27. The molecule has 0 aliphatic heterocycles. The number of rotatable bonds is 6. The Labute approximate surface area is 120 Å². The molecule has 2 N–H and O–H groups in total. The molecule has 1 unspecified atom stereocenters. The van der Waals surface area contributed by atoms with Crippen LogP contribution >= 0.6 is 15.9 Å². The molecule has 0 saturated heterocycles. The Morgan fingerprint density at radius 2 is 2.16 bits per heavy atom. The Kier molecular flexibility index (Phi) is 5.82. The first-order valence-corrected chi connectivity index (χ1v) is 6.58. The summed E-state index contributed by atoms with van der Waals surface area (Å²) >= 11 is 3.34. The minimum Gasteiger partial charge on any atom is -0.483 e. The molecule has 0 saturated carbocycles. The van der Waals surface area contributed by atoms with Gasteiger partial charge in [0.2, 0.25) is 0 Å². The van der Waals surface area contributed by atoms with Crippen molar-refractivity contribution in [1.82, 2.24) is 5.32 Å². The van der Waals surface area contributed by atoms with Gasteiger partial charge in [-0.1, -0.05) is 13.0 Å². The van der Waals surface area contributed by atoms with E-state index in [0.717, 1.165) is 10.0 Å². The van der Waals surface area contributed by atoms with Crippen LogP contribution < -0.4 is 10.1 Å². The van der Waals surface area contributed by atoms with Crippen LogP contribution in [-0.4, -0.2) is 30.1 Å². The lowest BCUT2D eigenvalue weighted by Gasteiger charge is -2.10. The maximum absolute atomic E-state index is 11.5. The van der Waals surface area contributed by atoms with Gasteiger partial charge < -0.3 is 15.2 Å². The number of carboxylic acid groups (broad SMARTS) is 1. The van der Waals surface area contributed by atoms with Crippen molar-refractivity contribution in [3.05, 3.63) is 28.2 Å². The maximum Gasteiger partial charge on any atom is 0.308 e. The van der Waals surface area contributed by atoms with Crippen LogP contribution in [0.3, 0.4) is 0 Å². The second-order valence-electron chi connectivity index (χ2n) is 4.27. The number of benzene rings is 1. The van der Waals surface area contributed by atoms with Crippen molar-refractivity contribution < 1.29 is 19.4 Å². The summed E-state index contributed by atoms with van der Waals surface area (Å²) in [4.78, 5) is 22.1. The van der Waals surface area contributed by atoms with Gasteiger partial charge in [0, 0.05) is 6.54 Å². The van der Waals surface area contributed by atoms with Crippen molar-refractivity contribution in [1.29, 1.82) is 0 Å². The second-order valence-corrected chi connectivity index (χ2v) is 5.12. The Hall–Kier alpha value is -1.56. The standard InChI is InChI=1S/C13H16BrNO4/c1-8-3-4-11(10(14)5-8)19-7-12(16)15-6-9(2)13(17)18/h3-5,9H,6-7H2,1-2H3,(H,15,16)(H,17,18). The van der Waals surface area contributed by atoms with E-state index in [9.17, 15) is 9.59 Å². The van der Waals surface area contributed by atoms with Crippen LogP contribution in [0.2, 0.25) is 0 Å². The molecule has 1 amide bonds. The number of nitrogens with one attached hydrogen (secondary N) is 1. The predicted octanol–water partition coefficient (Wildman–Crippen LogP) is 1.97. The first-order chi connectivity index (χ1) is 8.90. The Morgan fingerprint density at radius 1 is 1.47 bits per heavy atom. The summed E-state index contributed by atoms with van der Waals surface area (Å²) in [6, 6.07) is 5.54. The highest BCUT2D eigenvalue weighted by Gasteiger charge is 2.12. The lowest BCUT2D eigenvalue weighted by molar-refractivity contribution is -0.141. The zero-order chi connectivity index (χ0) is 14.4. The molecule has 0 radical (unpaired) electrons. The number of aliphatic carboxylic acids is 1. The largest absolute Gasteiger partial charge is 0.483 e. The molecular formula is C13H16BrNO4. The number of aryl methyl sites for hydroxylation is 1. The van der Waals surface area contributed by atoms with E-state index in [4.69, 9.17) is 9.84 Å². The van der Waals surface area contributed by atoms with Gasteiger partial charge in [0.25, 0.3) is 5.91 Å². The molecular weight excluding hydrogens is 314 g/mol. The van der Waals surface area contributed by atoms with E-state index < -0.39 is 11.9 Å². The van der Waals surface area contributed by atoms with E-state index >= 15 is 0 Å². The smallest absolute Gasteiger partial charge is 0.308 e. The van der Waals surface area contributed by atoms with Gasteiger partial charge in [-0.25, -0.2) is 0 Å². The van der Waals surface area contributed by atoms with Gasteiger partial charge in [-0.2, -0.15) is 0 Å². The van der Waals surface area contributed by atoms with Crippen molar-refractivity contribution in [2.45, 2.75) is 13.8 Å². The second kappa shape index (κ2) is 7.13. The molecule has 5 nitrogen and oxygen atoms in total. The number of halogens is 1. The van der Waals surface area contributed by atoms with Crippen LogP contribution in [0.1, 0.15) is 12.5 Å². The van der Waals surface area contributed by atoms with E-state index in [2.05, 4.69) is 21.2 Å². The molecule has 0 aliphatic carbocycles. The molecule has 0 bridgehead atoms. The number of hydrogen-bond donors (Lipinski definition) is 2. The van der Waals surface area contributed by atoms with Gasteiger partial charge in [0.05, 0.1) is 10.4 Å². The number of ether oxygens (including phenoxy) is 1. The van der Waals surface area contributed by atoms with Crippen molar-refractivity contribution in [2.75, 3.05) is 13.2 Å². The van der Waals surface area contributed by atoms with Crippen LogP contribution in [0.5, 0.6) is 5.75 Å². The molecule has 6 heteroatoms. The molecule has 1 rings (SSSR count). The van der Waals surface area contributed by atoms with Gasteiger partial charge >= 0.3 is 5.97 Å². The summed E-state index contributed by atoms with van der Waals surface area (Å²) in [6.45, 7) is 3.43. The SMILES string of the molecule is Cc1ccc(OCC(=O)NCC(C)C(=O)O)c(Br)c1. The van der Waals surface area contributed by atoms with Crippen LogP contribution in [0.15, 0.2) is 22.7 Å². The summed E-state index contributed by atoms with van der Waals surface area (Å²) in [5.74, 6) is -1.33. The fraction of sp³-hybridized carbons (Fsp3) is 0.385. The van der Waals surface area contributed by atoms with Crippen LogP contribution in [0, 0.1) is 12.8 Å². The monoisotopic (exact) mass is 329 g/mol. The maximum atomic E-state index is 11.5. The third kappa shape index (κ3) is 5.30. The Balaban J connectivity index is 2.40. The van der Waals surface area contributed by atoms with E-state index in [1.54, 1.807) is 6.07 Å². The number of hydrogen-bond acceptors (Lipinski definition) is 3. The normalized spacial score (nSPS) is 11.7. The summed E-state index contributed by atoms with van der Waals surface area (Å²) in [5.41, 5.74) is 1.08. The average Bonchev–Trinajstić information content (AvgIpc) is 2.34. The van der Waals surface area contributed by atoms with Gasteiger partial charge in [-0.3, -0.25) is 9.59 Å². The fourth-order valence-corrected chi connectivity index (χ4v) is 1.88. The third-order valence-corrected chi connectivity index (χ3v) is 3.09. The van der Waals surface area contributed by atoms with Gasteiger partial charge in [0.15, 0.2) is 6.61 Å². The zero-order valence-corrected chi connectivity index (χ0v) is 12.4. The number of carboxylic acids is 1. The number of carbonyl (C=O) groups is 2. The van der Waals surface area contributed by atoms with E-state index in [-0.39, 0.29) is 19.1 Å². The minimum atomic E-state index is -0.942. The molecule has 1 aromatic rings. The molecule has 0 heterocycles. The summed E-state index contributed by atoms with van der Waals surface area (Å²) in [6.07, 6.45) is 0. The van der Waals surface area contributed by atoms with Crippen molar-refractivity contribution in [2.24, 2.45) is 5.92 Å².